The van der Waals surface area contributed by atoms with Crippen molar-refractivity contribution in [2.75, 3.05) is 6.54 Å². The van der Waals surface area contributed by atoms with Gasteiger partial charge in [0.15, 0.2) is 0 Å². The van der Waals surface area contributed by atoms with Crippen molar-refractivity contribution in [3.05, 3.63) is 0 Å². The van der Waals surface area contributed by atoms with Gasteiger partial charge < -0.3 is 11.1 Å². The summed E-state index contributed by atoms with van der Waals surface area (Å²) in [4.78, 5) is 12.1. The maximum absolute atomic E-state index is 12.1. The van der Waals surface area contributed by atoms with E-state index in [1.165, 1.54) is 12.8 Å². The van der Waals surface area contributed by atoms with Crippen LogP contribution in [0.4, 0.5) is 0 Å². The van der Waals surface area contributed by atoms with Gasteiger partial charge in [-0.3, -0.25) is 4.79 Å². The van der Waals surface area contributed by atoms with Crippen LogP contribution in [0.2, 0.25) is 0 Å². The number of carbonyl (C=O) groups excluding carboxylic acids is 1. The van der Waals surface area contributed by atoms with E-state index in [0.29, 0.717) is 12.0 Å². The smallest absolute Gasteiger partial charge is 0.223 e. The van der Waals surface area contributed by atoms with Gasteiger partial charge in [-0.25, -0.2) is 0 Å². The molecule has 1 saturated carbocycles. The van der Waals surface area contributed by atoms with Crippen LogP contribution in [0.25, 0.3) is 0 Å². The minimum absolute atomic E-state index is 0.236. The Morgan fingerprint density at radius 1 is 1.47 bits per heavy atom. The first kappa shape index (κ1) is 14.5. The van der Waals surface area contributed by atoms with E-state index in [4.69, 9.17) is 5.73 Å². The summed E-state index contributed by atoms with van der Waals surface area (Å²) in [6, 6.07) is 0.322. The van der Waals surface area contributed by atoms with E-state index in [9.17, 15) is 4.79 Å². The summed E-state index contributed by atoms with van der Waals surface area (Å²) in [6.45, 7) is 5.01. The standard InChI is InChI=1S/C14H28N2O/c1-3-5-11(2)16-14(17)13-7-4-6-12(10-13)8-9-15/h11-13H,3-10,15H2,1-2H3,(H,16,17). The molecule has 3 atom stereocenters. The van der Waals surface area contributed by atoms with Crippen LogP contribution in [0.15, 0.2) is 0 Å². The Morgan fingerprint density at radius 3 is 2.88 bits per heavy atom. The third kappa shape index (κ3) is 5.07. The normalized spacial score (nSPS) is 26.5. The summed E-state index contributed by atoms with van der Waals surface area (Å²) in [7, 11) is 0. The summed E-state index contributed by atoms with van der Waals surface area (Å²) < 4.78 is 0. The fraction of sp³-hybridized carbons (Fsp3) is 0.929. The van der Waals surface area contributed by atoms with E-state index in [1.807, 2.05) is 0 Å². The molecule has 3 heteroatoms. The molecule has 3 nitrogen and oxygen atoms in total. The minimum Gasteiger partial charge on any atom is -0.353 e. The van der Waals surface area contributed by atoms with E-state index in [2.05, 4.69) is 19.2 Å². The van der Waals surface area contributed by atoms with E-state index in [0.717, 1.165) is 38.6 Å². The average molecular weight is 240 g/mol. The highest BCUT2D eigenvalue weighted by molar-refractivity contribution is 5.79. The minimum atomic E-state index is 0.236. The molecule has 0 aliphatic heterocycles. The molecule has 1 aliphatic rings. The van der Waals surface area contributed by atoms with Crippen molar-refractivity contribution >= 4 is 5.91 Å². The summed E-state index contributed by atoms with van der Waals surface area (Å²) in [5.74, 6) is 1.18. The van der Waals surface area contributed by atoms with Crippen molar-refractivity contribution in [3.63, 3.8) is 0 Å². The topological polar surface area (TPSA) is 55.1 Å². The van der Waals surface area contributed by atoms with Gasteiger partial charge in [0.1, 0.15) is 0 Å². The van der Waals surface area contributed by atoms with Crippen LogP contribution in [0.5, 0.6) is 0 Å². The zero-order chi connectivity index (χ0) is 12.7. The van der Waals surface area contributed by atoms with Crippen molar-refractivity contribution < 1.29 is 4.79 Å². The number of hydrogen-bond donors (Lipinski definition) is 2. The van der Waals surface area contributed by atoms with Crippen LogP contribution in [0.3, 0.4) is 0 Å². The molecule has 1 amide bonds. The Morgan fingerprint density at radius 2 is 2.24 bits per heavy atom. The van der Waals surface area contributed by atoms with Crippen LogP contribution >= 0.6 is 0 Å². The van der Waals surface area contributed by atoms with Crippen molar-refractivity contribution in [1.82, 2.24) is 5.32 Å². The highest BCUT2D eigenvalue weighted by Gasteiger charge is 2.27. The molecule has 0 aromatic carbocycles. The molecule has 0 heterocycles. The molecular weight excluding hydrogens is 212 g/mol. The Hall–Kier alpha value is -0.570. The number of amides is 1. The predicted octanol–water partition coefficient (Wildman–Crippen LogP) is 2.45. The van der Waals surface area contributed by atoms with E-state index in [-0.39, 0.29) is 11.8 Å². The van der Waals surface area contributed by atoms with Gasteiger partial charge in [0.2, 0.25) is 5.91 Å². The SMILES string of the molecule is CCCC(C)NC(=O)C1CCCC(CCN)C1. The largest absolute Gasteiger partial charge is 0.353 e. The Kier molecular flexibility index (Phi) is 6.56. The van der Waals surface area contributed by atoms with Gasteiger partial charge in [-0.05, 0) is 45.1 Å². The van der Waals surface area contributed by atoms with Gasteiger partial charge >= 0.3 is 0 Å². The monoisotopic (exact) mass is 240 g/mol. The number of nitrogens with one attached hydrogen (secondary N) is 1. The summed E-state index contributed by atoms with van der Waals surface area (Å²) in [6.07, 6.45) is 7.82. The van der Waals surface area contributed by atoms with Crippen molar-refractivity contribution in [3.8, 4) is 0 Å². The second kappa shape index (κ2) is 7.70. The van der Waals surface area contributed by atoms with Crippen molar-refractivity contribution in [1.29, 1.82) is 0 Å². The van der Waals surface area contributed by atoms with Crippen LogP contribution in [-0.4, -0.2) is 18.5 Å². The molecule has 17 heavy (non-hydrogen) atoms. The number of rotatable bonds is 6. The van der Waals surface area contributed by atoms with Crippen LogP contribution in [0, 0.1) is 11.8 Å². The zero-order valence-corrected chi connectivity index (χ0v) is 11.4. The van der Waals surface area contributed by atoms with Gasteiger partial charge in [-0.2, -0.15) is 0 Å². The molecule has 0 radical (unpaired) electrons. The van der Waals surface area contributed by atoms with E-state index >= 15 is 0 Å². The Bertz CT molecular complexity index is 228. The lowest BCUT2D eigenvalue weighted by atomic mass is 9.79. The molecular formula is C14H28N2O. The molecule has 3 N–H and O–H groups in total. The lowest BCUT2D eigenvalue weighted by Gasteiger charge is -2.29. The van der Waals surface area contributed by atoms with Gasteiger partial charge in [0.05, 0.1) is 0 Å². The number of nitrogens with two attached hydrogens (primary N) is 1. The number of carbonyl (C=O) groups is 1. The molecule has 1 aliphatic carbocycles. The summed E-state index contributed by atoms with van der Waals surface area (Å²) in [5, 5.41) is 3.14. The average Bonchev–Trinajstić information content (AvgIpc) is 2.30. The highest BCUT2D eigenvalue weighted by Crippen LogP contribution is 2.31. The third-order valence-corrected chi connectivity index (χ3v) is 3.84. The highest BCUT2D eigenvalue weighted by atomic mass is 16.1. The quantitative estimate of drug-likeness (QED) is 0.749. The molecule has 100 valence electrons. The van der Waals surface area contributed by atoms with Gasteiger partial charge in [0, 0.05) is 12.0 Å². The number of hydrogen-bond acceptors (Lipinski definition) is 2. The molecule has 3 unspecified atom stereocenters. The van der Waals surface area contributed by atoms with Gasteiger partial charge in [0.25, 0.3) is 0 Å². The zero-order valence-electron chi connectivity index (χ0n) is 11.4. The molecule has 1 fully saturated rings. The first-order chi connectivity index (χ1) is 8.17. The summed E-state index contributed by atoms with van der Waals surface area (Å²) in [5.41, 5.74) is 5.60. The van der Waals surface area contributed by atoms with Crippen LogP contribution in [-0.2, 0) is 4.79 Å². The molecule has 0 aromatic heterocycles. The molecule has 0 bridgehead atoms. The first-order valence-corrected chi connectivity index (χ1v) is 7.17. The maximum Gasteiger partial charge on any atom is 0.223 e. The Labute approximate surface area is 106 Å². The van der Waals surface area contributed by atoms with Crippen LogP contribution < -0.4 is 11.1 Å². The maximum atomic E-state index is 12.1. The van der Waals surface area contributed by atoms with E-state index < -0.39 is 0 Å². The molecule has 1 rings (SSSR count). The summed E-state index contributed by atoms with van der Waals surface area (Å²) >= 11 is 0. The van der Waals surface area contributed by atoms with Crippen molar-refractivity contribution in [2.45, 2.75) is 64.8 Å². The van der Waals surface area contributed by atoms with Crippen LogP contribution in [0.1, 0.15) is 58.8 Å². The Balaban J connectivity index is 2.35. The van der Waals surface area contributed by atoms with E-state index in [1.54, 1.807) is 0 Å². The second-order valence-corrected chi connectivity index (χ2v) is 5.51. The van der Waals surface area contributed by atoms with Gasteiger partial charge in [-0.1, -0.05) is 26.2 Å². The molecule has 0 saturated heterocycles. The molecule has 0 spiro atoms. The predicted molar refractivity (Wildman–Crippen MR) is 71.6 cm³/mol. The van der Waals surface area contributed by atoms with Gasteiger partial charge in [-0.15, -0.1) is 0 Å². The first-order valence-electron chi connectivity index (χ1n) is 7.17. The third-order valence-electron chi connectivity index (χ3n) is 3.84. The molecule has 0 aromatic rings. The lowest BCUT2D eigenvalue weighted by molar-refractivity contribution is -0.127. The lowest BCUT2D eigenvalue weighted by Crippen LogP contribution is -2.39. The van der Waals surface area contributed by atoms with Crippen molar-refractivity contribution in [2.24, 2.45) is 17.6 Å². The fourth-order valence-electron chi connectivity index (χ4n) is 2.89. The second-order valence-electron chi connectivity index (χ2n) is 5.51. The fourth-order valence-corrected chi connectivity index (χ4v) is 2.89.